The second-order valence-corrected chi connectivity index (χ2v) is 25.3. The Bertz CT molecular complexity index is 1760. The lowest BCUT2D eigenvalue weighted by Crippen LogP contribution is -2.75. The number of rotatable bonds is 11. The molecule has 10 aliphatic rings. The molecule has 0 aromatic rings. The molecular formula is C50H84N10O5S. The molecule has 4 aliphatic carbocycles. The smallest absolute Gasteiger partial charge is 0.225 e. The van der Waals surface area contributed by atoms with Crippen molar-refractivity contribution in [3.05, 3.63) is 0 Å². The summed E-state index contributed by atoms with van der Waals surface area (Å²) in [7, 11) is 1.70. The van der Waals surface area contributed by atoms with Crippen LogP contribution in [0.25, 0.3) is 0 Å². The van der Waals surface area contributed by atoms with E-state index >= 15 is 0 Å². The molecule has 10 rings (SSSR count). The third kappa shape index (κ3) is 9.08. The number of aliphatic imine (C=N–C) groups is 1. The van der Waals surface area contributed by atoms with Gasteiger partial charge in [0.05, 0.1) is 78.8 Å². The number of amides is 1. The summed E-state index contributed by atoms with van der Waals surface area (Å²) >= 11 is 2.17. The minimum atomic E-state index is -0.206. The number of nitrogens with zero attached hydrogens (tertiary/aromatic N) is 4. The van der Waals surface area contributed by atoms with Gasteiger partial charge in [0, 0.05) is 86.4 Å². The van der Waals surface area contributed by atoms with Crippen molar-refractivity contribution < 1.29 is 23.7 Å². The molecule has 15 nitrogen and oxygen atoms in total. The van der Waals surface area contributed by atoms with Gasteiger partial charge < -0.3 is 24.3 Å². The molecule has 4 saturated carbocycles. The van der Waals surface area contributed by atoms with E-state index in [0.29, 0.717) is 59.1 Å². The number of ether oxygens (including phenoxy) is 4. The van der Waals surface area contributed by atoms with Crippen molar-refractivity contribution in [2.75, 3.05) is 46.4 Å². The van der Waals surface area contributed by atoms with E-state index < -0.39 is 0 Å². The van der Waals surface area contributed by atoms with E-state index in [4.69, 9.17) is 23.9 Å². The van der Waals surface area contributed by atoms with Gasteiger partial charge in [0.25, 0.3) is 0 Å². The van der Waals surface area contributed by atoms with Gasteiger partial charge in [-0.15, -0.1) is 11.8 Å². The molecule has 6 aliphatic heterocycles. The third-order valence-electron chi connectivity index (χ3n) is 18.9. The molecule has 5 saturated heterocycles. The fraction of sp³-hybridized carbons (Fsp3) is 0.940. The number of nitrogens with one attached hydrogen (secondary N) is 6. The van der Waals surface area contributed by atoms with Gasteiger partial charge in [-0.2, -0.15) is 5.26 Å². The van der Waals surface area contributed by atoms with Gasteiger partial charge in [-0.25, -0.2) is 10.9 Å². The van der Waals surface area contributed by atoms with Gasteiger partial charge in [0.15, 0.2) is 0 Å². The highest BCUT2D eigenvalue weighted by molar-refractivity contribution is 8.00. The van der Waals surface area contributed by atoms with Crippen LogP contribution in [0.5, 0.6) is 0 Å². The van der Waals surface area contributed by atoms with E-state index in [2.05, 4.69) is 108 Å². The van der Waals surface area contributed by atoms with E-state index in [0.717, 1.165) is 64.8 Å². The molecular weight excluding hydrogens is 853 g/mol. The first-order chi connectivity index (χ1) is 31.7. The van der Waals surface area contributed by atoms with Gasteiger partial charge in [-0.1, -0.05) is 41.5 Å². The monoisotopic (exact) mass is 937 g/mol. The average molecular weight is 937 g/mol. The molecule has 0 radical (unpaired) electrons. The van der Waals surface area contributed by atoms with Crippen molar-refractivity contribution in [2.45, 2.75) is 204 Å². The number of likely N-dealkylation sites (tertiary alicyclic amines) is 1. The van der Waals surface area contributed by atoms with Gasteiger partial charge in [-0.3, -0.25) is 35.5 Å². The Morgan fingerprint density at radius 1 is 0.939 bits per heavy atom. The topological polar surface area (TPSA) is 169 Å². The van der Waals surface area contributed by atoms with Crippen molar-refractivity contribution >= 4 is 23.4 Å². The molecule has 0 aromatic carbocycles. The van der Waals surface area contributed by atoms with Crippen molar-refractivity contribution in [3.63, 3.8) is 0 Å². The number of nitriles is 1. The first-order valence-corrected chi connectivity index (χ1v) is 27.2. The maximum absolute atomic E-state index is 13.8. The number of hydrogen-bond donors (Lipinski definition) is 6. The van der Waals surface area contributed by atoms with Gasteiger partial charge >= 0.3 is 0 Å². The minimum Gasteiger partial charge on any atom is -0.380 e. The highest BCUT2D eigenvalue weighted by atomic mass is 32.2. The van der Waals surface area contributed by atoms with Crippen LogP contribution in [-0.2, 0) is 23.7 Å². The predicted octanol–water partition coefficient (Wildman–Crippen LogP) is 4.50. The summed E-state index contributed by atoms with van der Waals surface area (Å²) in [6, 6.07) is 2.57. The van der Waals surface area contributed by atoms with E-state index in [1.807, 2.05) is 0 Å². The first-order valence-electron chi connectivity index (χ1n) is 26.3. The van der Waals surface area contributed by atoms with Crippen LogP contribution in [0.1, 0.15) is 126 Å². The maximum atomic E-state index is 13.8. The summed E-state index contributed by atoms with van der Waals surface area (Å²) in [6.45, 7) is 21.3. The van der Waals surface area contributed by atoms with Crippen LogP contribution in [0.15, 0.2) is 4.99 Å². The molecule has 0 bridgehead atoms. The SMILES string of the molecule is COC1CC(OC2C(C)(C)C(NC(=O)C3CNC(N4CCC5(CC4)CC(OC4CCC(C6=N[C@H](CC7NCCO7)C7NNC(C)N7C7SC(C)C(C)C67)CC4)C5)NC3)C2(C)C)CCC1C#N. The number of thioether (sulfide) groups is 1. The van der Waals surface area contributed by atoms with Crippen LogP contribution in [0, 0.1) is 57.2 Å². The normalized spacial score (nSPS) is 45.7. The fourth-order valence-electron chi connectivity index (χ4n) is 15.1. The van der Waals surface area contributed by atoms with E-state index in [9.17, 15) is 10.1 Å². The van der Waals surface area contributed by atoms with Crippen LogP contribution in [0.3, 0.4) is 0 Å². The number of hydrogen-bond acceptors (Lipinski definition) is 15. The standard InChI is InChI=1S/C50H84N10O5S/c1-28-29(2)66-44-40(28)41(55-37(22-39-52-17-20-63-39)42-58-57-30(3)60(42)44)31-9-12-34(13-10-31)64-36-23-50(24-36)15-18-59(19-16-50)47-53-26-33(27-54-47)43(61)56-45-48(4,5)46(49(45,6)7)65-35-14-11-32(25-51)38(21-35)62-8/h28-40,42,44-47,52-54,57-58H,9-24,26-27H2,1-8H3,(H,56,61)/t28?,29?,30?,31?,32?,33?,34?,35?,37-,38?,39?,40?,42?,44?,45?,46?,47?/m1/s1. The molecule has 1 amide bonds. The third-order valence-corrected chi connectivity index (χ3v) is 20.6. The van der Waals surface area contributed by atoms with Crippen LogP contribution in [0.4, 0.5) is 0 Å². The Hall–Kier alpha value is -1.46. The molecule has 0 aromatic heterocycles. The summed E-state index contributed by atoms with van der Waals surface area (Å²) in [5, 5.41) is 25.0. The molecule has 9 fully saturated rings. The molecule has 16 heteroatoms. The molecule has 370 valence electrons. The Morgan fingerprint density at radius 2 is 1.65 bits per heavy atom. The zero-order valence-corrected chi connectivity index (χ0v) is 42.2. The summed E-state index contributed by atoms with van der Waals surface area (Å²) in [4.78, 5) is 24.8. The Balaban J connectivity index is 0.657. The van der Waals surface area contributed by atoms with Crippen LogP contribution in [0.2, 0.25) is 0 Å². The van der Waals surface area contributed by atoms with E-state index in [1.54, 1.807) is 7.11 Å². The largest absolute Gasteiger partial charge is 0.380 e. The molecule has 6 N–H and O–H groups in total. The molecule has 10 unspecified atom stereocenters. The fourth-order valence-corrected chi connectivity index (χ4v) is 17.0. The maximum Gasteiger partial charge on any atom is 0.225 e. The number of fused-ring (bicyclic) bond motifs is 3. The average Bonchev–Trinajstić information content (AvgIpc) is 4.02. The second kappa shape index (κ2) is 19.3. The quantitative estimate of drug-likeness (QED) is 0.171. The molecule has 1 spiro atoms. The second-order valence-electron chi connectivity index (χ2n) is 23.8. The van der Waals surface area contributed by atoms with Gasteiger partial charge in [0.1, 0.15) is 12.5 Å². The number of hydrazine groups is 1. The number of carbonyl (C=O) groups is 1. The predicted molar refractivity (Wildman–Crippen MR) is 257 cm³/mol. The van der Waals surface area contributed by atoms with Crippen LogP contribution in [-0.4, -0.2) is 146 Å². The number of piperidine rings is 1. The van der Waals surface area contributed by atoms with Crippen molar-refractivity contribution in [3.8, 4) is 6.07 Å². The zero-order chi connectivity index (χ0) is 46.1. The van der Waals surface area contributed by atoms with Crippen molar-refractivity contribution in [2.24, 2.45) is 50.8 Å². The number of methoxy groups -OCH3 is 1. The Morgan fingerprint density at radius 3 is 2.32 bits per heavy atom. The van der Waals surface area contributed by atoms with Crippen molar-refractivity contribution in [1.29, 1.82) is 5.26 Å². The van der Waals surface area contributed by atoms with E-state index in [-0.39, 0.29) is 83.8 Å². The summed E-state index contributed by atoms with van der Waals surface area (Å²) in [6.07, 6.45) is 14.1. The van der Waals surface area contributed by atoms with Crippen LogP contribution < -0.4 is 32.1 Å². The minimum absolute atomic E-state index is 0.0100. The first kappa shape index (κ1) is 48.2. The van der Waals surface area contributed by atoms with E-state index in [1.165, 1.54) is 44.2 Å². The van der Waals surface area contributed by atoms with Crippen molar-refractivity contribution in [1.82, 2.24) is 41.9 Å². The Labute approximate surface area is 399 Å². The summed E-state index contributed by atoms with van der Waals surface area (Å²) in [5.41, 5.74) is 8.74. The lowest BCUT2D eigenvalue weighted by atomic mass is 9.49. The highest BCUT2D eigenvalue weighted by Crippen LogP contribution is 2.57. The summed E-state index contributed by atoms with van der Waals surface area (Å²) < 4.78 is 25.4. The number of carbonyl (C=O) groups excluding carboxylic acids is 1. The lowest BCUT2D eigenvalue weighted by molar-refractivity contribution is -0.239. The zero-order valence-electron chi connectivity index (χ0n) is 41.4. The highest BCUT2D eigenvalue weighted by Gasteiger charge is 2.64. The molecule has 11 atom stereocenters. The molecule has 66 heavy (non-hydrogen) atoms. The lowest BCUT2D eigenvalue weighted by Gasteiger charge is -2.64. The van der Waals surface area contributed by atoms with Gasteiger partial charge in [0.2, 0.25) is 5.91 Å². The van der Waals surface area contributed by atoms with Gasteiger partial charge in [-0.05, 0) is 88.4 Å². The molecule has 6 heterocycles. The summed E-state index contributed by atoms with van der Waals surface area (Å²) in [5.74, 6) is 1.53. The Kier molecular flexibility index (Phi) is 14.1. The van der Waals surface area contributed by atoms with Crippen LogP contribution >= 0.6 is 11.8 Å².